The number of para-hydroxylation sites is 5. The molecule has 9 aromatic rings. The van der Waals surface area contributed by atoms with Crippen LogP contribution in [0.2, 0.25) is 0 Å². The summed E-state index contributed by atoms with van der Waals surface area (Å²) in [6.07, 6.45) is 0. The van der Waals surface area contributed by atoms with Crippen LogP contribution >= 0.6 is 0 Å². The molecule has 2 aliphatic rings. The Labute approximate surface area is 297 Å². The lowest BCUT2D eigenvalue weighted by Gasteiger charge is -2.45. The van der Waals surface area contributed by atoms with E-state index in [0.29, 0.717) is 0 Å². The van der Waals surface area contributed by atoms with Crippen molar-refractivity contribution in [1.29, 1.82) is 0 Å². The number of aromatic nitrogens is 1. The normalized spacial score (nSPS) is 13.6. The van der Waals surface area contributed by atoms with Gasteiger partial charge in [0, 0.05) is 22.1 Å². The second-order valence-corrected chi connectivity index (χ2v) is 13.7. The van der Waals surface area contributed by atoms with Gasteiger partial charge in [-0.25, -0.2) is 0 Å². The predicted molar refractivity (Wildman–Crippen MR) is 212 cm³/mol. The molecule has 2 heterocycles. The molecule has 2 nitrogen and oxygen atoms in total. The predicted octanol–water partition coefficient (Wildman–Crippen LogP) is 12.6. The first-order valence-electron chi connectivity index (χ1n) is 17.7. The van der Waals surface area contributed by atoms with E-state index in [1.54, 1.807) is 0 Å². The second-order valence-electron chi connectivity index (χ2n) is 13.7. The Morgan fingerprint density at radius 3 is 1.61 bits per heavy atom. The highest BCUT2D eigenvalue weighted by atomic mass is 15.2. The van der Waals surface area contributed by atoms with E-state index in [4.69, 9.17) is 0 Å². The number of anilines is 3. The van der Waals surface area contributed by atoms with Crippen molar-refractivity contribution in [1.82, 2.24) is 4.57 Å². The van der Waals surface area contributed by atoms with Crippen LogP contribution in [0.1, 0.15) is 22.3 Å². The van der Waals surface area contributed by atoms with Crippen molar-refractivity contribution in [2.75, 3.05) is 4.90 Å². The molecule has 238 valence electrons. The van der Waals surface area contributed by atoms with Gasteiger partial charge in [-0.2, -0.15) is 0 Å². The molecule has 0 saturated carbocycles. The maximum Gasteiger partial charge on any atom is 0.0754 e. The van der Waals surface area contributed by atoms with Gasteiger partial charge in [-0.3, -0.25) is 0 Å². The second kappa shape index (κ2) is 10.7. The monoisotopic (exact) mass is 648 g/mol. The Morgan fingerprint density at radius 2 is 0.863 bits per heavy atom. The van der Waals surface area contributed by atoms with Crippen molar-refractivity contribution >= 4 is 38.9 Å². The van der Waals surface area contributed by atoms with Gasteiger partial charge in [-0.05, 0) is 105 Å². The van der Waals surface area contributed by atoms with Crippen LogP contribution in [-0.4, -0.2) is 4.57 Å². The summed E-state index contributed by atoms with van der Waals surface area (Å²) >= 11 is 0. The van der Waals surface area contributed by atoms with Crippen LogP contribution < -0.4 is 4.90 Å². The van der Waals surface area contributed by atoms with Crippen LogP contribution in [0.15, 0.2) is 194 Å². The highest BCUT2D eigenvalue weighted by Gasteiger charge is 2.51. The van der Waals surface area contributed by atoms with E-state index in [2.05, 4.69) is 204 Å². The molecule has 0 N–H and O–H groups in total. The summed E-state index contributed by atoms with van der Waals surface area (Å²) in [5.41, 5.74) is 17.1. The topological polar surface area (TPSA) is 8.17 Å². The van der Waals surface area contributed by atoms with Gasteiger partial charge < -0.3 is 9.47 Å². The zero-order valence-corrected chi connectivity index (χ0v) is 27.9. The Balaban J connectivity index is 1.15. The molecule has 1 aliphatic carbocycles. The Bertz CT molecular complexity index is 2760. The van der Waals surface area contributed by atoms with E-state index in [1.807, 2.05) is 0 Å². The van der Waals surface area contributed by atoms with E-state index < -0.39 is 5.41 Å². The molecule has 0 amide bonds. The largest absolute Gasteiger partial charge is 0.310 e. The van der Waals surface area contributed by atoms with Crippen LogP contribution in [0.3, 0.4) is 0 Å². The molecule has 0 atom stereocenters. The molecule has 11 rings (SSSR count). The summed E-state index contributed by atoms with van der Waals surface area (Å²) in [6, 6.07) is 71.5. The molecule has 1 spiro atoms. The zero-order chi connectivity index (χ0) is 33.5. The summed E-state index contributed by atoms with van der Waals surface area (Å²) < 4.78 is 2.38. The van der Waals surface area contributed by atoms with Crippen molar-refractivity contribution in [3.63, 3.8) is 0 Å². The summed E-state index contributed by atoms with van der Waals surface area (Å²) in [5.74, 6) is 0. The van der Waals surface area contributed by atoms with Gasteiger partial charge in [-0.1, -0.05) is 133 Å². The van der Waals surface area contributed by atoms with Gasteiger partial charge in [0.05, 0.1) is 27.8 Å². The van der Waals surface area contributed by atoms with E-state index in [0.717, 1.165) is 5.69 Å². The fourth-order valence-corrected chi connectivity index (χ4v) is 9.15. The van der Waals surface area contributed by atoms with Gasteiger partial charge in [-0.15, -0.1) is 0 Å². The standard InChI is InChI=1S/C49H32N2/c1-3-15-35(16-4-1)50-45-24-12-8-20-38(45)40-32-34(28-30-46(40)50)33-27-29-42-39(31-33)37-19-7-9-21-41(37)49(42)43-22-10-13-25-47(43)51(36-17-5-2-6-18-36)48-26-14-11-23-44(48)49/h1-32H. The van der Waals surface area contributed by atoms with Gasteiger partial charge in [0.15, 0.2) is 0 Å². The number of hydrogen-bond donors (Lipinski definition) is 0. The zero-order valence-electron chi connectivity index (χ0n) is 27.9. The van der Waals surface area contributed by atoms with Crippen molar-refractivity contribution < 1.29 is 0 Å². The van der Waals surface area contributed by atoms with Crippen LogP contribution in [0, 0.1) is 0 Å². The number of fused-ring (bicyclic) bond motifs is 12. The first kappa shape index (κ1) is 28.2. The summed E-state index contributed by atoms with van der Waals surface area (Å²) in [4.78, 5) is 2.44. The van der Waals surface area contributed by atoms with E-state index in [9.17, 15) is 0 Å². The van der Waals surface area contributed by atoms with Crippen molar-refractivity contribution in [2.24, 2.45) is 0 Å². The quantitative estimate of drug-likeness (QED) is 0.185. The molecule has 0 unspecified atom stereocenters. The third-order valence-corrected chi connectivity index (χ3v) is 11.2. The smallest absolute Gasteiger partial charge is 0.0754 e. The minimum Gasteiger partial charge on any atom is -0.310 e. The molecule has 8 aromatic carbocycles. The van der Waals surface area contributed by atoms with Crippen molar-refractivity contribution in [2.45, 2.75) is 5.41 Å². The molecule has 0 fully saturated rings. The Hall–Kier alpha value is -6.64. The SMILES string of the molecule is c1ccc(N2c3ccccc3C3(c4ccccc4-c4cc(-c5ccc6c(c5)c5ccccc5n6-c5ccccc5)ccc43)c3ccccc32)cc1. The Kier molecular flexibility index (Phi) is 5.91. The maximum absolute atomic E-state index is 2.44. The first-order valence-corrected chi connectivity index (χ1v) is 17.7. The molecular formula is C49H32N2. The van der Waals surface area contributed by atoms with Gasteiger partial charge >= 0.3 is 0 Å². The van der Waals surface area contributed by atoms with Crippen LogP contribution in [0.5, 0.6) is 0 Å². The third-order valence-electron chi connectivity index (χ3n) is 11.2. The Morgan fingerprint density at radius 1 is 0.333 bits per heavy atom. The van der Waals surface area contributed by atoms with Gasteiger partial charge in [0.25, 0.3) is 0 Å². The van der Waals surface area contributed by atoms with Crippen LogP contribution in [0.4, 0.5) is 17.1 Å². The minimum absolute atomic E-state index is 0.448. The number of benzene rings is 8. The van der Waals surface area contributed by atoms with Crippen molar-refractivity contribution in [3.05, 3.63) is 216 Å². The maximum atomic E-state index is 2.44. The van der Waals surface area contributed by atoms with Crippen LogP contribution in [0.25, 0.3) is 49.7 Å². The molecule has 1 aromatic heterocycles. The molecule has 2 heteroatoms. The van der Waals surface area contributed by atoms with Crippen LogP contribution in [-0.2, 0) is 5.41 Å². The molecular weight excluding hydrogens is 617 g/mol. The highest BCUT2D eigenvalue weighted by molar-refractivity contribution is 6.10. The summed E-state index contributed by atoms with van der Waals surface area (Å²) in [7, 11) is 0. The average molecular weight is 649 g/mol. The lowest BCUT2D eigenvalue weighted by atomic mass is 9.64. The fourth-order valence-electron chi connectivity index (χ4n) is 9.15. The fraction of sp³-hybridized carbons (Fsp3) is 0.0204. The molecule has 0 bridgehead atoms. The third kappa shape index (κ3) is 3.82. The average Bonchev–Trinajstić information content (AvgIpc) is 3.69. The lowest BCUT2D eigenvalue weighted by molar-refractivity contribution is 0.753. The number of nitrogens with zero attached hydrogens (tertiary/aromatic N) is 2. The molecule has 0 radical (unpaired) electrons. The summed E-state index contributed by atoms with van der Waals surface area (Å²) in [6.45, 7) is 0. The molecule has 0 saturated heterocycles. The summed E-state index contributed by atoms with van der Waals surface area (Å²) in [5, 5.41) is 2.53. The van der Waals surface area contributed by atoms with Gasteiger partial charge in [0.1, 0.15) is 0 Å². The van der Waals surface area contributed by atoms with Gasteiger partial charge in [0.2, 0.25) is 0 Å². The highest BCUT2D eigenvalue weighted by Crippen LogP contribution is 2.63. The first-order chi connectivity index (χ1) is 25.3. The van der Waals surface area contributed by atoms with Crippen molar-refractivity contribution in [3.8, 4) is 27.9 Å². The number of rotatable bonds is 3. The minimum atomic E-state index is -0.448. The van der Waals surface area contributed by atoms with E-state index >= 15 is 0 Å². The molecule has 1 aliphatic heterocycles. The number of hydrogen-bond acceptors (Lipinski definition) is 1. The molecule has 51 heavy (non-hydrogen) atoms. The lowest BCUT2D eigenvalue weighted by Crippen LogP contribution is -2.36. The van der Waals surface area contributed by atoms with E-state index in [1.165, 1.54) is 83.4 Å². The van der Waals surface area contributed by atoms with E-state index in [-0.39, 0.29) is 0 Å².